The number of likely N-dealkylation sites (tertiary alicyclic amines) is 1. The van der Waals surface area contributed by atoms with Crippen LogP contribution in [0.15, 0.2) is 18.2 Å². The second-order valence-electron chi connectivity index (χ2n) is 5.40. The molecular formula is C14H16F2N2O. The van der Waals surface area contributed by atoms with Crippen LogP contribution in [0.3, 0.4) is 0 Å². The van der Waals surface area contributed by atoms with Gasteiger partial charge in [0.2, 0.25) is 0 Å². The van der Waals surface area contributed by atoms with Crippen molar-refractivity contribution in [2.24, 2.45) is 11.8 Å². The van der Waals surface area contributed by atoms with E-state index in [0.29, 0.717) is 18.4 Å². The van der Waals surface area contributed by atoms with Crippen molar-refractivity contribution in [3.63, 3.8) is 0 Å². The number of nitrogens with zero attached hydrogens (tertiary/aromatic N) is 1. The summed E-state index contributed by atoms with van der Waals surface area (Å²) in [6, 6.07) is 3.21. The SMILES string of the molecule is CC1C2CNCC2CN1C(=O)c1ccc(F)cc1F. The molecule has 0 aromatic heterocycles. The number of amides is 1. The number of benzene rings is 1. The first kappa shape index (κ1) is 12.5. The maximum absolute atomic E-state index is 13.7. The van der Waals surface area contributed by atoms with Crippen molar-refractivity contribution in [1.29, 1.82) is 0 Å². The normalized spacial score (nSPS) is 29.6. The Morgan fingerprint density at radius 2 is 2.16 bits per heavy atom. The zero-order chi connectivity index (χ0) is 13.6. The van der Waals surface area contributed by atoms with Crippen molar-refractivity contribution >= 4 is 5.91 Å². The quantitative estimate of drug-likeness (QED) is 0.838. The predicted octanol–water partition coefficient (Wildman–Crippen LogP) is 1.64. The number of fused-ring (bicyclic) bond motifs is 1. The topological polar surface area (TPSA) is 32.3 Å². The smallest absolute Gasteiger partial charge is 0.257 e. The van der Waals surface area contributed by atoms with Crippen molar-refractivity contribution in [2.45, 2.75) is 13.0 Å². The fourth-order valence-corrected chi connectivity index (χ4v) is 3.25. The molecule has 19 heavy (non-hydrogen) atoms. The van der Waals surface area contributed by atoms with Crippen LogP contribution >= 0.6 is 0 Å². The molecule has 2 heterocycles. The summed E-state index contributed by atoms with van der Waals surface area (Å²) in [6.07, 6.45) is 0. The van der Waals surface area contributed by atoms with Gasteiger partial charge >= 0.3 is 0 Å². The van der Waals surface area contributed by atoms with E-state index in [1.807, 2.05) is 6.92 Å². The highest BCUT2D eigenvalue weighted by molar-refractivity contribution is 5.95. The lowest BCUT2D eigenvalue weighted by Crippen LogP contribution is -2.38. The standard InChI is InChI=1S/C14H16F2N2O/c1-8-12-6-17-5-9(12)7-18(8)14(19)11-3-2-10(15)4-13(11)16/h2-4,8-9,12,17H,5-7H2,1H3. The van der Waals surface area contributed by atoms with Crippen LogP contribution in [0.5, 0.6) is 0 Å². The third kappa shape index (κ3) is 2.02. The monoisotopic (exact) mass is 266 g/mol. The summed E-state index contributed by atoms with van der Waals surface area (Å²) in [6.45, 7) is 4.46. The Morgan fingerprint density at radius 3 is 2.84 bits per heavy atom. The van der Waals surface area contributed by atoms with Gasteiger partial charge in [0, 0.05) is 31.7 Å². The molecule has 3 unspecified atom stereocenters. The molecule has 3 nitrogen and oxygen atoms in total. The largest absolute Gasteiger partial charge is 0.335 e. The molecule has 5 heteroatoms. The Hall–Kier alpha value is -1.49. The van der Waals surface area contributed by atoms with Gasteiger partial charge in [0.25, 0.3) is 5.91 Å². The molecule has 1 N–H and O–H groups in total. The maximum Gasteiger partial charge on any atom is 0.257 e. The molecule has 2 aliphatic rings. The molecule has 2 aliphatic heterocycles. The average Bonchev–Trinajstić information content (AvgIpc) is 2.92. The van der Waals surface area contributed by atoms with Gasteiger partial charge in [-0.1, -0.05) is 0 Å². The first-order valence-corrected chi connectivity index (χ1v) is 6.54. The molecule has 0 aliphatic carbocycles. The molecule has 0 saturated carbocycles. The molecule has 1 aromatic carbocycles. The van der Waals surface area contributed by atoms with E-state index >= 15 is 0 Å². The maximum atomic E-state index is 13.7. The molecule has 1 amide bonds. The van der Waals surface area contributed by atoms with Gasteiger partial charge in [-0.05, 0) is 30.9 Å². The van der Waals surface area contributed by atoms with Gasteiger partial charge in [-0.2, -0.15) is 0 Å². The minimum absolute atomic E-state index is 0.0406. The molecule has 0 spiro atoms. The minimum atomic E-state index is -0.785. The average molecular weight is 266 g/mol. The number of halogens is 2. The van der Waals surface area contributed by atoms with Gasteiger partial charge in [-0.15, -0.1) is 0 Å². The van der Waals surface area contributed by atoms with Gasteiger partial charge < -0.3 is 10.2 Å². The number of nitrogens with one attached hydrogen (secondary N) is 1. The second-order valence-corrected chi connectivity index (χ2v) is 5.40. The fourth-order valence-electron chi connectivity index (χ4n) is 3.25. The van der Waals surface area contributed by atoms with Crippen LogP contribution in [0.4, 0.5) is 8.78 Å². The summed E-state index contributed by atoms with van der Waals surface area (Å²) in [5, 5.41) is 3.31. The van der Waals surface area contributed by atoms with Gasteiger partial charge in [-0.3, -0.25) is 4.79 Å². The van der Waals surface area contributed by atoms with Crippen LogP contribution in [0.25, 0.3) is 0 Å². The minimum Gasteiger partial charge on any atom is -0.335 e. The lowest BCUT2D eigenvalue weighted by Gasteiger charge is -2.24. The lowest BCUT2D eigenvalue weighted by molar-refractivity contribution is 0.0723. The molecule has 1 aromatic rings. The van der Waals surface area contributed by atoms with Crippen molar-refractivity contribution in [3.05, 3.63) is 35.4 Å². The predicted molar refractivity (Wildman–Crippen MR) is 66.7 cm³/mol. The van der Waals surface area contributed by atoms with Gasteiger partial charge in [-0.25, -0.2) is 8.78 Å². The van der Waals surface area contributed by atoms with E-state index in [0.717, 1.165) is 25.2 Å². The summed E-state index contributed by atoms with van der Waals surface area (Å²) < 4.78 is 26.6. The molecule has 0 bridgehead atoms. The lowest BCUT2D eigenvalue weighted by atomic mass is 9.95. The molecular weight excluding hydrogens is 250 g/mol. The van der Waals surface area contributed by atoms with E-state index in [-0.39, 0.29) is 17.5 Å². The van der Waals surface area contributed by atoms with Crippen molar-refractivity contribution in [2.75, 3.05) is 19.6 Å². The number of hydrogen-bond donors (Lipinski definition) is 1. The highest BCUT2D eigenvalue weighted by atomic mass is 19.1. The zero-order valence-electron chi connectivity index (χ0n) is 10.7. The van der Waals surface area contributed by atoms with E-state index in [9.17, 15) is 13.6 Å². The van der Waals surface area contributed by atoms with Gasteiger partial charge in [0.1, 0.15) is 11.6 Å². The van der Waals surface area contributed by atoms with Crippen molar-refractivity contribution in [3.8, 4) is 0 Å². The number of carbonyl (C=O) groups is 1. The number of rotatable bonds is 1. The van der Waals surface area contributed by atoms with Crippen LogP contribution in [0, 0.1) is 23.5 Å². The summed E-state index contributed by atoms with van der Waals surface area (Å²) in [4.78, 5) is 14.1. The summed E-state index contributed by atoms with van der Waals surface area (Å²) in [5.41, 5.74) is -0.0406. The Labute approximate surface area is 110 Å². The first-order valence-electron chi connectivity index (χ1n) is 6.54. The molecule has 2 fully saturated rings. The first-order chi connectivity index (χ1) is 9.08. The Morgan fingerprint density at radius 1 is 1.37 bits per heavy atom. The van der Waals surface area contributed by atoms with Crippen LogP contribution in [0.2, 0.25) is 0 Å². The van der Waals surface area contributed by atoms with Crippen LogP contribution in [0.1, 0.15) is 17.3 Å². The second kappa shape index (κ2) is 4.56. The molecule has 102 valence electrons. The van der Waals surface area contributed by atoms with Gasteiger partial charge in [0.15, 0.2) is 0 Å². The highest BCUT2D eigenvalue weighted by Crippen LogP contribution is 2.33. The third-order valence-corrected chi connectivity index (χ3v) is 4.36. The van der Waals surface area contributed by atoms with Crippen molar-refractivity contribution in [1.82, 2.24) is 10.2 Å². The molecule has 0 radical (unpaired) electrons. The van der Waals surface area contributed by atoms with E-state index in [4.69, 9.17) is 0 Å². The molecule has 3 rings (SSSR count). The Kier molecular flexibility index (Phi) is 3.01. The van der Waals surface area contributed by atoms with Crippen LogP contribution < -0.4 is 5.32 Å². The summed E-state index contributed by atoms with van der Waals surface area (Å²) >= 11 is 0. The van der Waals surface area contributed by atoms with E-state index < -0.39 is 11.6 Å². The third-order valence-electron chi connectivity index (χ3n) is 4.36. The zero-order valence-corrected chi connectivity index (χ0v) is 10.7. The molecule has 2 saturated heterocycles. The van der Waals surface area contributed by atoms with E-state index in [1.54, 1.807) is 4.90 Å². The summed E-state index contributed by atoms with van der Waals surface area (Å²) in [7, 11) is 0. The van der Waals surface area contributed by atoms with Crippen LogP contribution in [-0.4, -0.2) is 36.5 Å². The van der Waals surface area contributed by atoms with Crippen molar-refractivity contribution < 1.29 is 13.6 Å². The highest BCUT2D eigenvalue weighted by Gasteiger charge is 2.44. The molecule has 3 atom stereocenters. The van der Waals surface area contributed by atoms with E-state index in [1.165, 1.54) is 6.07 Å². The Bertz CT molecular complexity index is 520. The van der Waals surface area contributed by atoms with Gasteiger partial charge in [0.05, 0.1) is 5.56 Å². The van der Waals surface area contributed by atoms with E-state index in [2.05, 4.69) is 5.32 Å². The summed E-state index contributed by atoms with van der Waals surface area (Å²) in [5.74, 6) is -0.897. The number of hydrogen-bond acceptors (Lipinski definition) is 2. The Balaban J connectivity index is 1.84. The fraction of sp³-hybridized carbons (Fsp3) is 0.500. The van der Waals surface area contributed by atoms with Crippen LogP contribution in [-0.2, 0) is 0 Å². The number of carbonyl (C=O) groups excluding carboxylic acids is 1.